The van der Waals surface area contributed by atoms with Crippen molar-refractivity contribution in [3.05, 3.63) is 58.1 Å². The van der Waals surface area contributed by atoms with Crippen LogP contribution in [0.15, 0.2) is 36.7 Å². The molecule has 0 bridgehead atoms. The molecule has 4 rings (SSSR count). The number of rotatable bonds is 8. The Kier molecular flexibility index (Phi) is 7.97. The first-order valence-electron chi connectivity index (χ1n) is 11.9. The summed E-state index contributed by atoms with van der Waals surface area (Å²) in [6.45, 7) is 7.41. The van der Waals surface area contributed by atoms with Crippen LogP contribution < -0.4 is 10.2 Å². The molecule has 2 heterocycles. The minimum absolute atomic E-state index is 0.0692. The maximum absolute atomic E-state index is 13.5. The molecule has 0 aliphatic carbocycles. The fourth-order valence-electron chi connectivity index (χ4n) is 4.70. The topological polar surface area (TPSA) is 79.6 Å². The molecule has 0 radical (unpaired) electrons. The summed E-state index contributed by atoms with van der Waals surface area (Å²) in [5.41, 5.74) is 3.27. The average Bonchev–Trinajstić information content (AvgIpc) is 3.35. The van der Waals surface area contributed by atoms with Gasteiger partial charge in [0, 0.05) is 18.8 Å². The molecular weight excluding hydrogens is 506 g/mol. The maximum Gasteiger partial charge on any atom is 0.407 e. The second kappa shape index (κ2) is 10.8. The zero-order chi connectivity index (χ0) is 26.0. The molecule has 10 heteroatoms. The zero-order valence-corrected chi connectivity index (χ0v) is 22.1. The number of imidazole rings is 1. The number of aliphatic hydroxyl groups excluding tert-OH is 1. The Morgan fingerprint density at radius 3 is 2.69 bits per heavy atom. The fraction of sp³-hybridized carbons (Fsp3) is 0.462. The molecule has 1 aromatic heterocycles. The first-order chi connectivity index (χ1) is 17.0. The largest absolute Gasteiger partial charge is 0.442 e. The molecule has 3 aromatic rings. The lowest BCUT2D eigenvalue weighted by molar-refractivity contribution is 0.0579. The molecule has 7 nitrogen and oxygen atoms in total. The predicted octanol–water partition coefficient (Wildman–Crippen LogP) is 5.44. The van der Waals surface area contributed by atoms with Gasteiger partial charge in [-0.1, -0.05) is 44.0 Å². The standard InChI is InChI=1S/C26H31Cl2FN4O3/c1-26(2,3)11-18(12-33-15-30-22-9-20(27)21(28)10-24(22)33)31-25(35)36-19(14-34)13-32-7-6-16-8-17(29)4-5-23(16)32/h4-5,8-10,15,18-19,34H,6-7,11-14H2,1-3H3,(H,31,35)/t18-,19+/m0/s1. The van der Waals surface area contributed by atoms with E-state index in [-0.39, 0.29) is 23.9 Å². The molecule has 2 N–H and O–H groups in total. The smallest absolute Gasteiger partial charge is 0.407 e. The second-order valence-corrected chi connectivity index (χ2v) is 11.3. The van der Waals surface area contributed by atoms with Gasteiger partial charge in [0.1, 0.15) is 11.9 Å². The first kappa shape index (κ1) is 26.5. The van der Waals surface area contributed by atoms with E-state index in [2.05, 4.69) is 31.1 Å². The van der Waals surface area contributed by atoms with Crippen LogP contribution >= 0.6 is 23.2 Å². The van der Waals surface area contributed by atoms with Gasteiger partial charge >= 0.3 is 6.09 Å². The van der Waals surface area contributed by atoms with Gasteiger partial charge in [0.2, 0.25) is 0 Å². The van der Waals surface area contributed by atoms with Gasteiger partial charge in [-0.2, -0.15) is 0 Å². The Morgan fingerprint density at radius 1 is 1.22 bits per heavy atom. The highest BCUT2D eigenvalue weighted by molar-refractivity contribution is 6.42. The van der Waals surface area contributed by atoms with Crippen LogP contribution in [0.2, 0.25) is 10.0 Å². The minimum Gasteiger partial charge on any atom is -0.442 e. The lowest BCUT2D eigenvalue weighted by atomic mass is 9.88. The maximum atomic E-state index is 13.5. The Morgan fingerprint density at radius 2 is 1.97 bits per heavy atom. The van der Waals surface area contributed by atoms with Crippen molar-refractivity contribution in [3.63, 3.8) is 0 Å². The van der Waals surface area contributed by atoms with E-state index >= 15 is 0 Å². The molecule has 0 spiro atoms. The van der Waals surface area contributed by atoms with Gasteiger partial charge in [0.05, 0.1) is 46.6 Å². The monoisotopic (exact) mass is 536 g/mol. The van der Waals surface area contributed by atoms with Crippen molar-refractivity contribution in [2.45, 2.75) is 52.3 Å². The zero-order valence-electron chi connectivity index (χ0n) is 20.6. The minimum atomic E-state index is -0.730. The van der Waals surface area contributed by atoms with Crippen molar-refractivity contribution in [2.24, 2.45) is 5.41 Å². The molecule has 1 amide bonds. The van der Waals surface area contributed by atoms with Crippen LogP contribution in [0.3, 0.4) is 0 Å². The lowest BCUT2D eigenvalue weighted by Gasteiger charge is -2.29. The number of nitrogens with one attached hydrogen (secondary N) is 1. The third-order valence-corrected chi connectivity index (χ3v) is 6.92. The summed E-state index contributed by atoms with van der Waals surface area (Å²) in [5, 5.41) is 13.7. The number of amides is 1. The number of carbonyl (C=O) groups excluding carboxylic acids is 1. The summed E-state index contributed by atoms with van der Waals surface area (Å²) < 4.78 is 21.1. The number of ether oxygens (including phenoxy) is 1. The van der Waals surface area contributed by atoms with Crippen molar-refractivity contribution < 1.29 is 19.0 Å². The van der Waals surface area contributed by atoms with Crippen molar-refractivity contribution in [1.29, 1.82) is 0 Å². The number of carbonyl (C=O) groups is 1. The average molecular weight is 537 g/mol. The van der Waals surface area contributed by atoms with Crippen molar-refractivity contribution in [3.8, 4) is 0 Å². The van der Waals surface area contributed by atoms with Gasteiger partial charge in [-0.15, -0.1) is 0 Å². The van der Waals surface area contributed by atoms with Gasteiger partial charge in [0.25, 0.3) is 0 Å². The van der Waals surface area contributed by atoms with E-state index in [0.29, 0.717) is 48.0 Å². The molecule has 1 aliphatic heterocycles. The van der Waals surface area contributed by atoms with Gasteiger partial charge in [-0.3, -0.25) is 0 Å². The molecule has 2 atom stereocenters. The first-order valence-corrected chi connectivity index (χ1v) is 12.7. The van der Waals surface area contributed by atoms with E-state index in [4.69, 9.17) is 27.9 Å². The van der Waals surface area contributed by atoms with Crippen molar-refractivity contribution in [2.75, 3.05) is 24.6 Å². The Hall–Kier alpha value is -2.55. The van der Waals surface area contributed by atoms with Crippen LogP contribution in [0.25, 0.3) is 11.0 Å². The number of nitrogens with zero attached hydrogens (tertiary/aromatic N) is 3. The molecule has 0 fully saturated rings. The normalized spacial score (nSPS) is 15.1. The quantitative estimate of drug-likeness (QED) is 0.400. The van der Waals surface area contributed by atoms with E-state index in [1.807, 2.05) is 9.47 Å². The number of benzene rings is 2. The molecule has 1 aliphatic rings. The van der Waals surface area contributed by atoms with Gasteiger partial charge < -0.3 is 24.6 Å². The summed E-state index contributed by atoms with van der Waals surface area (Å²) in [6, 6.07) is 7.87. The lowest BCUT2D eigenvalue weighted by Crippen LogP contribution is -2.44. The van der Waals surface area contributed by atoms with E-state index in [1.54, 1.807) is 24.5 Å². The summed E-state index contributed by atoms with van der Waals surface area (Å²) in [4.78, 5) is 19.3. The summed E-state index contributed by atoms with van der Waals surface area (Å²) in [7, 11) is 0. The molecular formula is C26H31Cl2FN4O3. The SMILES string of the molecule is CC(C)(C)C[C@@H](Cn1cnc2cc(Cl)c(Cl)cc21)NC(=O)O[C@@H](CO)CN1CCc2cc(F)ccc21. The summed E-state index contributed by atoms with van der Waals surface area (Å²) >= 11 is 12.3. The molecule has 36 heavy (non-hydrogen) atoms. The molecule has 0 unspecified atom stereocenters. The Bertz CT molecular complexity index is 1240. The third kappa shape index (κ3) is 6.41. The van der Waals surface area contributed by atoms with E-state index < -0.39 is 12.2 Å². The predicted molar refractivity (Wildman–Crippen MR) is 140 cm³/mol. The summed E-state index contributed by atoms with van der Waals surface area (Å²) in [6.07, 6.45) is 1.75. The molecule has 194 valence electrons. The van der Waals surface area contributed by atoms with E-state index in [9.17, 15) is 14.3 Å². The number of hydrogen-bond donors (Lipinski definition) is 2. The number of anilines is 1. The van der Waals surface area contributed by atoms with Crippen LogP contribution in [0, 0.1) is 11.2 Å². The summed E-state index contributed by atoms with van der Waals surface area (Å²) in [5.74, 6) is -0.272. The number of aliphatic hydroxyl groups is 1. The molecule has 2 aromatic carbocycles. The highest BCUT2D eigenvalue weighted by Gasteiger charge is 2.27. The number of aromatic nitrogens is 2. The number of alkyl carbamates (subject to hydrolysis) is 1. The number of halogens is 3. The Labute approximate surface area is 220 Å². The van der Waals surface area contributed by atoms with Crippen LogP contribution in [0.5, 0.6) is 0 Å². The third-order valence-electron chi connectivity index (χ3n) is 6.20. The highest BCUT2D eigenvalue weighted by Crippen LogP contribution is 2.30. The number of fused-ring (bicyclic) bond motifs is 2. The van der Waals surface area contributed by atoms with Gasteiger partial charge in [-0.25, -0.2) is 14.2 Å². The van der Waals surface area contributed by atoms with E-state index in [0.717, 1.165) is 16.8 Å². The number of hydrogen-bond acceptors (Lipinski definition) is 5. The van der Waals surface area contributed by atoms with Crippen LogP contribution in [-0.4, -0.2) is 52.6 Å². The van der Waals surface area contributed by atoms with Crippen molar-refractivity contribution >= 4 is 46.0 Å². The molecule has 0 saturated carbocycles. The fourth-order valence-corrected chi connectivity index (χ4v) is 5.01. The second-order valence-electron chi connectivity index (χ2n) is 10.4. The van der Waals surface area contributed by atoms with Crippen LogP contribution in [-0.2, 0) is 17.7 Å². The van der Waals surface area contributed by atoms with Crippen LogP contribution in [0.4, 0.5) is 14.9 Å². The van der Waals surface area contributed by atoms with Gasteiger partial charge in [0.15, 0.2) is 0 Å². The van der Waals surface area contributed by atoms with Crippen molar-refractivity contribution in [1.82, 2.24) is 14.9 Å². The van der Waals surface area contributed by atoms with E-state index in [1.165, 1.54) is 12.1 Å². The molecule has 0 saturated heterocycles. The Balaban J connectivity index is 1.43. The van der Waals surface area contributed by atoms with Crippen LogP contribution in [0.1, 0.15) is 32.8 Å². The highest BCUT2D eigenvalue weighted by atomic mass is 35.5. The van der Waals surface area contributed by atoms with Gasteiger partial charge in [-0.05, 0) is 54.2 Å².